The van der Waals surface area contributed by atoms with E-state index in [1.165, 1.54) is 11.3 Å². The van der Waals surface area contributed by atoms with Crippen LogP contribution in [0.25, 0.3) is 10.7 Å². The molecule has 1 amide bonds. The molecule has 0 bridgehead atoms. The van der Waals surface area contributed by atoms with Crippen LogP contribution < -0.4 is 5.32 Å². The predicted molar refractivity (Wildman–Crippen MR) is 100 cm³/mol. The summed E-state index contributed by atoms with van der Waals surface area (Å²) in [6.45, 7) is -0.152. The molecule has 1 N–H and O–H groups in total. The average Bonchev–Trinajstić information content (AvgIpc) is 3.31. The lowest BCUT2D eigenvalue weighted by Crippen LogP contribution is -2.31. The quantitative estimate of drug-likeness (QED) is 0.575. The van der Waals surface area contributed by atoms with E-state index in [1.807, 2.05) is 35.7 Å². The van der Waals surface area contributed by atoms with Gasteiger partial charge in [-0.2, -0.15) is 4.80 Å². The third-order valence-electron chi connectivity index (χ3n) is 3.45. The zero-order chi connectivity index (χ0) is 19.1. The number of tetrazole rings is 1. The normalized spacial score (nSPS) is 10.6. The van der Waals surface area contributed by atoms with Crippen LogP contribution in [-0.2, 0) is 27.3 Å². The van der Waals surface area contributed by atoms with Gasteiger partial charge in [-0.15, -0.1) is 21.5 Å². The number of ether oxygens (including phenoxy) is 1. The Labute approximate surface area is 164 Å². The number of aromatic nitrogens is 4. The van der Waals surface area contributed by atoms with Crippen molar-refractivity contribution in [1.29, 1.82) is 0 Å². The molecule has 0 aliphatic carbocycles. The number of carbonyl (C=O) groups is 2. The summed E-state index contributed by atoms with van der Waals surface area (Å²) >= 11 is 7.38. The van der Waals surface area contributed by atoms with Gasteiger partial charge in [0.05, 0.1) is 4.88 Å². The Kier molecular flexibility index (Phi) is 6.50. The molecule has 27 heavy (non-hydrogen) atoms. The molecule has 140 valence electrons. The van der Waals surface area contributed by atoms with E-state index in [-0.39, 0.29) is 19.1 Å². The minimum Gasteiger partial charge on any atom is -0.454 e. The van der Waals surface area contributed by atoms with Gasteiger partial charge in [-0.25, -0.2) is 4.79 Å². The molecule has 0 atom stereocenters. The second-order valence-corrected chi connectivity index (χ2v) is 6.90. The summed E-state index contributed by atoms with van der Waals surface area (Å²) in [5, 5.41) is 17.0. The first-order valence-electron chi connectivity index (χ1n) is 8.08. The number of carbonyl (C=O) groups excluding carboxylic acids is 2. The first kappa shape index (κ1) is 19.0. The third-order valence-corrected chi connectivity index (χ3v) is 4.55. The fourth-order valence-electron chi connectivity index (χ4n) is 2.21. The Hall–Kier alpha value is -2.78. The highest BCUT2D eigenvalue weighted by Crippen LogP contribution is 2.19. The molecule has 0 spiro atoms. The number of amides is 1. The number of rotatable bonds is 8. The summed E-state index contributed by atoms with van der Waals surface area (Å²) in [7, 11) is 0. The molecule has 2 aromatic heterocycles. The molecule has 0 radical (unpaired) electrons. The summed E-state index contributed by atoms with van der Waals surface area (Å²) in [5.74, 6) is -0.553. The minimum absolute atomic E-state index is 0.214. The standard InChI is InChI=1S/C17H16ClN5O3S/c18-13-4-1-3-12(9-13)6-7-19-15(24)11-26-16(25)10-23-21-17(20-22-23)14-5-2-8-27-14/h1-5,8-9H,6-7,10-11H2,(H,19,24). The van der Waals surface area contributed by atoms with Gasteiger partial charge in [-0.05, 0) is 40.8 Å². The van der Waals surface area contributed by atoms with E-state index in [4.69, 9.17) is 16.3 Å². The fraction of sp³-hybridized carbons (Fsp3) is 0.235. The second-order valence-electron chi connectivity index (χ2n) is 5.51. The number of benzene rings is 1. The second kappa shape index (κ2) is 9.24. The Bertz CT molecular complexity index is 913. The summed E-state index contributed by atoms with van der Waals surface area (Å²) in [5.41, 5.74) is 1.01. The van der Waals surface area contributed by atoms with E-state index in [9.17, 15) is 9.59 Å². The van der Waals surface area contributed by atoms with Crippen molar-refractivity contribution < 1.29 is 14.3 Å². The van der Waals surface area contributed by atoms with Crippen LogP contribution in [0.2, 0.25) is 5.02 Å². The summed E-state index contributed by atoms with van der Waals surface area (Å²) < 4.78 is 4.93. The highest BCUT2D eigenvalue weighted by Gasteiger charge is 2.12. The zero-order valence-corrected chi connectivity index (χ0v) is 15.7. The largest absolute Gasteiger partial charge is 0.454 e. The number of nitrogens with zero attached hydrogens (tertiary/aromatic N) is 4. The van der Waals surface area contributed by atoms with Crippen molar-refractivity contribution in [3.8, 4) is 10.7 Å². The van der Waals surface area contributed by atoms with Gasteiger partial charge in [0.1, 0.15) is 0 Å². The van der Waals surface area contributed by atoms with Crippen LogP contribution in [0.1, 0.15) is 5.56 Å². The molecule has 8 nitrogen and oxygen atoms in total. The van der Waals surface area contributed by atoms with Crippen molar-refractivity contribution in [2.24, 2.45) is 0 Å². The zero-order valence-electron chi connectivity index (χ0n) is 14.2. The minimum atomic E-state index is -0.616. The monoisotopic (exact) mass is 405 g/mol. The molecular formula is C17H16ClN5O3S. The molecule has 10 heteroatoms. The Morgan fingerprint density at radius 3 is 2.93 bits per heavy atom. The lowest BCUT2D eigenvalue weighted by molar-refractivity contribution is -0.149. The van der Waals surface area contributed by atoms with E-state index in [0.29, 0.717) is 23.8 Å². The Morgan fingerprint density at radius 2 is 2.15 bits per heavy atom. The molecule has 0 aliphatic rings. The van der Waals surface area contributed by atoms with E-state index in [1.54, 1.807) is 6.07 Å². The molecule has 1 aromatic carbocycles. The van der Waals surface area contributed by atoms with E-state index >= 15 is 0 Å². The third kappa shape index (κ3) is 5.87. The maximum absolute atomic E-state index is 11.8. The van der Waals surface area contributed by atoms with Crippen molar-refractivity contribution in [2.45, 2.75) is 13.0 Å². The van der Waals surface area contributed by atoms with Crippen LogP contribution in [0, 0.1) is 0 Å². The van der Waals surface area contributed by atoms with Gasteiger partial charge in [-0.3, -0.25) is 4.79 Å². The topological polar surface area (TPSA) is 99.0 Å². The highest BCUT2D eigenvalue weighted by molar-refractivity contribution is 7.13. The van der Waals surface area contributed by atoms with Gasteiger partial charge in [0.25, 0.3) is 5.91 Å². The maximum atomic E-state index is 11.8. The van der Waals surface area contributed by atoms with Crippen LogP contribution in [0.4, 0.5) is 0 Å². The maximum Gasteiger partial charge on any atom is 0.330 e. The van der Waals surface area contributed by atoms with Gasteiger partial charge in [0, 0.05) is 11.6 Å². The number of hydrogen-bond donors (Lipinski definition) is 1. The summed E-state index contributed by atoms with van der Waals surface area (Å²) in [6.07, 6.45) is 0.634. The molecule has 0 saturated carbocycles. The Morgan fingerprint density at radius 1 is 1.26 bits per heavy atom. The first-order valence-corrected chi connectivity index (χ1v) is 9.34. The molecule has 0 fully saturated rings. The van der Waals surface area contributed by atoms with Gasteiger partial charge in [0.2, 0.25) is 5.82 Å². The lowest BCUT2D eigenvalue weighted by atomic mass is 10.1. The van der Waals surface area contributed by atoms with Crippen LogP contribution in [0.5, 0.6) is 0 Å². The average molecular weight is 406 g/mol. The number of esters is 1. The van der Waals surface area contributed by atoms with Crippen LogP contribution in [0.3, 0.4) is 0 Å². The number of hydrogen-bond acceptors (Lipinski definition) is 7. The van der Waals surface area contributed by atoms with Crippen molar-refractivity contribution >= 4 is 34.8 Å². The Balaban J connectivity index is 1.37. The number of halogens is 1. The van der Waals surface area contributed by atoms with Crippen LogP contribution >= 0.6 is 22.9 Å². The fourth-order valence-corrected chi connectivity index (χ4v) is 3.07. The van der Waals surface area contributed by atoms with E-state index < -0.39 is 5.97 Å². The predicted octanol–water partition coefficient (Wildman–Crippen LogP) is 1.96. The van der Waals surface area contributed by atoms with Crippen molar-refractivity contribution in [3.05, 3.63) is 52.4 Å². The van der Waals surface area contributed by atoms with Crippen LogP contribution in [-0.4, -0.2) is 45.2 Å². The van der Waals surface area contributed by atoms with E-state index in [0.717, 1.165) is 15.2 Å². The van der Waals surface area contributed by atoms with Gasteiger partial charge in [0.15, 0.2) is 13.2 Å². The highest BCUT2D eigenvalue weighted by atomic mass is 35.5. The van der Waals surface area contributed by atoms with Gasteiger partial charge in [-0.1, -0.05) is 29.8 Å². The van der Waals surface area contributed by atoms with Crippen LogP contribution in [0.15, 0.2) is 41.8 Å². The number of thiophene rings is 1. The summed E-state index contributed by atoms with van der Waals surface area (Å²) in [6, 6.07) is 11.1. The number of nitrogens with one attached hydrogen (secondary N) is 1. The molecule has 0 saturated heterocycles. The molecule has 3 aromatic rings. The SMILES string of the molecule is O=C(COC(=O)Cn1nnc(-c2cccs2)n1)NCCc1cccc(Cl)c1. The lowest BCUT2D eigenvalue weighted by Gasteiger charge is -2.06. The smallest absolute Gasteiger partial charge is 0.330 e. The molecule has 2 heterocycles. The van der Waals surface area contributed by atoms with Gasteiger partial charge < -0.3 is 10.1 Å². The molecule has 3 rings (SSSR count). The van der Waals surface area contributed by atoms with Crippen molar-refractivity contribution in [1.82, 2.24) is 25.5 Å². The molecule has 0 aliphatic heterocycles. The van der Waals surface area contributed by atoms with Crippen molar-refractivity contribution in [3.63, 3.8) is 0 Å². The van der Waals surface area contributed by atoms with E-state index in [2.05, 4.69) is 20.7 Å². The van der Waals surface area contributed by atoms with Crippen molar-refractivity contribution in [2.75, 3.05) is 13.2 Å². The summed E-state index contributed by atoms with van der Waals surface area (Å²) in [4.78, 5) is 25.5. The molecular weight excluding hydrogens is 390 g/mol. The molecule has 0 unspecified atom stereocenters. The van der Waals surface area contributed by atoms with Gasteiger partial charge >= 0.3 is 5.97 Å². The first-order chi connectivity index (χ1) is 13.1.